The van der Waals surface area contributed by atoms with Crippen molar-refractivity contribution in [2.75, 3.05) is 0 Å². The van der Waals surface area contributed by atoms with E-state index in [1.807, 2.05) is 6.92 Å². The predicted octanol–water partition coefficient (Wildman–Crippen LogP) is 2.51. The standard InChI is InChI=1S/C12H23NO3/c1-6-9(2)7-10(8-14)13-11(15)16-12(3,4)5/h8-10H,6-7H2,1-5H3,(H,13,15)/t9-,10-/m0/s1. The highest BCUT2D eigenvalue weighted by Crippen LogP contribution is 2.10. The van der Waals surface area contributed by atoms with Crippen LogP contribution in [0.3, 0.4) is 0 Å². The third-order valence-electron chi connectivity index (χ3n) is 2.22. The number of rotatable bonds is 5. The van der Waals surface area contributed by atoms with Gasteiger partial charge in [0.15, 0.2) is 0 Å². The lowest BCUT2D eigenvalue weighted by atomic mass is 10.0. The zero-order valence-electron chi connectivity index (χ0n) is 10.9. The van der Waals surface area contributed by atoms with E-state index in [1.165, 1.54) is 0 Å². The van der Waals surface area contributed by atoms with Gasteiger partial charge in [-0.05, 0) is 33.1 Å². The molecular formula is C12H23NO3. The molecule has 0 fully saturated rings. The van der Waals surface area contributed by atoms with Gasteiger partial charge in [0.1, 0.15) is 11.9 Å². The molecule has 0 unspecified atom stereocenters. The number of carbonyl (C=O) groups is 2. The van der Waals surface area contributed by atoms with Crippen molar-refractivity contribution in [3.63, 3.8) is 0 Å². The Morgan fingerprint density at radius 1 is 1.44 bits per heavy atom. The maximum Gasteiger partial charge on any atom is 0.408 e. The van der Waals surface area contributed by atoms with Crippen LogP contribution in [0.15, 0.2) is 0 Å². The van der Waals surface area contributed by atoms with Crippen LogP contribution in [0.4, 0.5) is 4.79 Å². The van der Waals surface area contributed by atoms with Crippen LogP contribution in [0.5, 0.6) is 0 Å². The van der Waals surface area contributed by atoms with Gasteiger partial charge in [-0.25, -0.2) is 4.79 Å². The SMILES string of the molecule is CC[C@H](C)C[C@@H](C=O)NC(=O)OC(C)(C)C. The second kappa shape index (κ2) is 6.51. The quantitative estimate of drug-likeness (QED) is 0.737. The van der Waals surface area contributed by atoms with E-state index < -0.39 is 17.7 Å². The fourth-order valence-corrected chi connectivity index (χ4v) is 1.21. The molecule has 0 aromatic heterocycles. The maximum atomic E-state index is 11.4. The molecule has 0 radical (unpaired) electrons. The molecule has 1 N–H and O–H groups in total. The first kappa shape index (κ1) is 14.9. The minimum absolute atomic E-state index is 0.408. The first-order chi connectivity index (χ1) is 7.28. The third-order valence-corrected chi connectivity index (χ3v) is 2.22. The van der Waals surface area contributed by atoms with Crippen molar-refractivity contribution in [2.45, 2.75) is 59.1 Å². The summed E-state index contributed by atoms with van der Waals surface area (Å²) < 4.78 is 5.08. The highest BCUT2D eigenvalue weighted by molar-refractivity contribution is 5.73. The zero-order chi connectivity index (χ0) is 12.8. The number of carbonyl (C=O) groups excluding carboxylic acids is 2. The molecule has 0 aromatic rings. The summed E-state index contributed by atoms with van der Waals surface area (Å²) in [6.07, 6.45) is 1.86. The van der Waals surface area contributed by atoms with Gasteiger partial charge in [-0.15, -0.1) is 0 Å². The molecule has 0 aliphatic rings. The minimum atomic E-state index is -0.534. The van der Waals surface area contributed by atoms with E-state index in [2.05, 4.69) is 12.2 Å². The van der Waals surface area contributed by atoms with E-state index >= 15 is 0 Å². The highest BCUT2D eigenvalue weighted by atomic mass is 16.6. The van der Waals surface area contributed by atoms with Gasteiger partial charge in [0, 0.05) is 0 Å². The monoisotopic (exact) mass is 229 g/mol. The Kier molecular flexibility index (Phi) is 6.08. The molecule has 0 rings (SSSR count). The number of amides is 1. The molecule has 0 aliphatic carbocycles. The molecule has 0 aromatic carbocycles. The topological polar surface area (TPSA) is 55.4 Å². The van der Waals surface area contributed by atoms with Gasteiger partial charge in [-0.1, -0.05) is 20.3 Å². The van der Waals surface area contributed by atoms with Crippen molar-refractivity contribution >= 4 is 12.4 Å². The average molecular weight is 229 g/mol. The van der Waals surface area contributed by atoms with Gasteiger partial charge < -0.3 is 14.8 Å². The van der Waals surface area contributed by atoms with E-state index in [0.717, 1.165) is 12.7 Å². The van der Waals surface area contributed by atoms with Crippen molar-refractivity contribution in [1.82, 2.24) is 5.32 Å². The summed E-state index contributed by atoms with van der Waals surface area (Å²) in [4.78, 5) is 22.2. The highest BCUT2D eigenvalue weighted by Gasteiger charge is 2.19. The van der Waals surface area contributed by atoms with Crippen molar-refractivity contribution in [2.24, 2.45) is 5.92 Å². The first-order valence-corrected chi connectivity index (χ1v) is 5.73. The summed E-state index contributed by atoms with van der Waals surface area (Å²) in [5.41, 5.74) is -0.534. The Balaban J connectivity index is 4.12. The molecule has 0 saturated carbocycles. The number of aldehydes is 1. The Labute approximate surface area is 97.7 Å². The van der Waals surface area contributed by atoms with Gasteiger partial charge >= 0.3 is 6.09 Å². The molecule has 0 saturated heterocycles. The van der Waals surface area contributed by atoms with Gasteiger partial charge in [-0.3, -0.25) is 0 Å². The van der Waals surface area contributed by atoms with Crippen LogP contribution in [0, 0.1) is 5.92 Å². The van der Waals surface area contributed by atoms with E-state index in [1.54, 1.807) is 20.8 Å². The van der Waals surface area contributed by atoms with Crippen molar-refractivity contribution in [1.29, 1.82) is 0 Å². The molecule has 4 nitrogen and oxygen atoms in total. The van der Waals surface area contributed by atoms with Gasteiger partial charge in [0.25, 0.3) is 0 Å². The number of ether oxygens (including phenoxy) is 1. The number of hydrogen-bond acceptors (Lipinski definition) is 3. The number of nitrogens with one attached hydrogen (secondary N) is 1. The van der Waals surface area contributed by atoms with Gasteiger partial charge in [-0.2, -0.15) is 0 Å². The first-order valence-electron chi connectivity index (χ1n) is 5.73. The smallest absolute Gasteiger partial charge is 0.408 e. The van der Waals surface area contributed by atoms with Gasteiger partial charge in [0.2, 0.25) is 0 Å². The molecule has 0 aliphatic heterocycles. The van der Waals surface area contributed by atoms with E-state index in [-0.39, 0.29) is 0 Å². The van der Waals surface area contributed by atoms with Crippen LogP contribution in [0.2, 0.25) is 0 Å². The molecule has 0 spiro atoms. The Hall–Kier alpha value is -1.06. The lowest BCUT2D eigenvalue weighted by molar-refractivity contribution is -0.110. The lowest BCUT2D eigenvalue weighted by Gasteiger charge is -2.22. The summed E-state index contributed by atoms with van der Waals surface area (Å²) in [5.74, 6) is 0.408. The molecule has 0 heterocycles. The van der Waals surface area contributed by atoms with Crippen molar-refractivity contribution in [3.05, 3.63) is 0 Å². The summed E-state index contributed by atoms with van der Waals surface area (Å²) >= 11 is 0. The molecule has 4 heteroatoms. The minimum Gasteiger partial charge on any atom is -0.444 e. The Morgan fingerprint density at radius 3 is 2.38 bits per heavy atom. The van der Waals surface area contributed by atoms with Crippen LogP contribution in [0.1, 0.15) is 47.5 Å². The zero-order valence-corrected chi connectivity index (χ0v) is 10.9. The van der Waals surface area contributed by atoms with Crippen LogP contribution in [-0.2, 0) is 9.53 Å². The second-order valence-corrected chi connectivity index (χ2v) is 5.14. The second-order valence-electron chi connectivity index (χ2n) is 5.14. The van der Waals surface area contributed by atoms with E-state index in [9.17, 15) is 9.59 Å². The van der Waals surface area contributed by atoms with E-state index in [4.69, 9.17) is 4.74 Å². The van der Waals surface area contributed by atoms with Crippen molar-refractivity contribution in [3.8, 4) is 0 Å². The normalized spacial score (nSPS) is 15.1. The molecule has 94 valence electrons. The van der Waals surface area contributed by atoms with Crippen LogP contribution >= 0.6 is 0 Å². The molecule has 1 amide bonds. The predicted molar refractivity (Wildman–Crippen MR) is 63.3 cm³/mol. The maximum absolute atomic E-state index is 11.4. The fourth-order valence-electron chi connectivity index (χ4n) is 1.21. The van der Waals surface area contributed by atoms with Crippen molar-refractivity contribution < 1.29 is 14.3 Å². The molecule has 16 heavy (non-hydrogen) atoms. The molecular weight excluding hydrogens is 206 g/mol. The van der Waals surface area contributed by atoms with Crippen LogP contribution in [-0.4, -0.2) is 24.0 Å². The fraction of sp³-hybridized carbons (Fsp3) is 0.833. The third kappa shape index (κ3) is 7.26. The summed E-state index contributed by atoms with van der Waals surface area (Å²) in [5, 5.41) is 2.56. The van der Waals surface area contributed by atoms with Gasteiger partial charge in [0.05, 0.1) is 6.04 Å². The van der Waals surface area contributed by atoms with Crippen LogP contribution in [0.25, 0.3) is 0 Å². The summed E-state index contributed by atoms with van der Waals surface area (Å²) in [6.45, 7) is 9.47. The average Bonchev–Trinajstić information content (AvgIpc) is 2.13. The Morgan fingerprint density at radius 2 is 2.00 bits per heavy atom. The molecule has 2 atom stereocenters. The molecule has 0 bridgehead atoms. The van der Waals surface area contributed by atoms with Crippen LogP contribution < -0.4 is 5.32 Å². The summed E-state index contributed by atoms with van der Waals surface area (Å²) in [7, 11) is 0. The largest absolute Gasteiger partial charge is 0.444 e. The lowest BCUT2D eigenvalue weighted by Crippen LogP contribution is -2.40. The Bertz CT molecular complexity index is 233. The number of hydrogen-bond donors (Lipinski definition) is 1. The van der Waals surface area contributed by atoms with E-state index in [0.29, 0.717) is 12.3 Å². The number of alkyl carbamates (subject to hydrolysis) is 1. The summed E-state index contributed by atoms with van der Waals surface area (Å²) in [6, 6.07) is -0.454.